The van der Waals surface area contributed by atoms with Crippen molar-refractivity contribution in [2.45, 2.75) is 25.5 Å². The molecule has 0 aliphatic carbocycles. The van der Waals surface area contributed by atoms with Crippen molar-refractivity contribution in [2.24, 2.45) is 0 Å². The van der Waals surface area contributed by atoms with E-state index in [4.69, 9.17) is 4.74 Å². The molecule has 1 unspecified atom stereocenters. The first kappa shape index (κ1) is 16.5. The molecular formula is C17H18N2O4. The first-order chi connectivity index (χ1) is 11.1. The molecule has 0 bridgehead atoms. The van der Waals surface area contributed by atoms with Crippen molar-refractivity contribution < 1.29 is 19.4 Å². The van der Waals surface area contributed by atoms with Crippen LogP contribution in [0, 0.1) is 0 Å². The number of alkyl carbamates (subject to hydrolysis) is 1. The van der Waals surface area contributed by atoms with Crippen molar-refractivity contribution in [3.63, 3.8) is 0 Å². The number of pyridine rings is 1. The van der Waals surface area contributed by atoms with Crippen LogP contribution in [0.4, 0.5) is 4.79 Å². The van der Waals surface area contributed by atoms with Crippen molar-refractivity contribution in [2.75, 3.05) is 0 Å². The van der Waals surface area contributed by atoms with Crippen LogP contribution < -0.4 is 5.32 Å². The maximum Gasteiger partial charge on any atom is 0.408 e. The fourth-order valence-electron chi connectivity index (χ4n) is 2.07. The largest absolute Gasteiger partial charge is 0.480 e. The van der Waals surface area contributed by atoms with E-state index in [1.54, 1.807) is 43.6 Å². The minimum Gasteiger partial charge on any atom is -0.480 e. The molecule has 2 atom stereocenters. The molecular weight excluding hydrogens is 296 g/mol. The highest BCUT2D eigenvalue weighted by Gasteiger charge is 2.22. The van der Waals surface area contributed by atoms with Gasteiger partial charge >= 0.3 is 12.1 Å². The van der Waals surface area contributed by atoms with Crippen LogP contribution in [-0.2, 0) is 16.0 Å². The van der Waals surface area contributed by atoms with Crippen LogP contribution in [0.1, 0.15) is 24.2 Å². The van der Waals surface area contributed by atoms with Crippen LogP contribution in [0.5, 0.6) is 0 Å². The molecule has 2 N–H and O–H groups in total. The van der Waals surface area contributed by atoms with Crippen molar-refractivity contribution in [1.29, 1.82) is 0 Å². The van der Waals surface area contributed by atoms with Crippen LogP contribution >= 0.6 is 0 Å². The average Bonchev–Trinajstić information content (AvgIpc) is 2.56. The Hall–Kier alpha value is -2.89. The van der Waals surface area contributed by atoms with Crippen molar-refractivity contribution >= 4 is 12.1 Å². The van der Waals surface area contributed by atoms with E-state index in [0.717, 1.165) is 11.1 Å². The van der Waals surface area contributed by atoms with Crippen LogP contribution in [-0.4, -0.2) is 28.2 Å². The molecule has 0 aliphatic heterocycles. The number of ether oxygens (including phenoxy) is 1. The SMILES string of the molecule is CC(OC(=O)N[C@@H](Cc1ccccc1)C(=O)O)c1cccnc1. The second kappa shape index (κ2) is 7.93. The van der Waals surface area contributed by atoms with Crippen molar-refractivity contribution in [1.82, 2.24) is 10.3 Å². The minimum absolute atomic E-state index is 0.187. The molecule has 120 valence electrons. The average molecular weight is 314 g/mol. The summed E-state index contributed by atoms with van der Waals surface area (Å²) >= 11 is 0. The zero-order valence-corrected chi connectivity index (χ0v) is 12.7. The summed E-state index contributed by atoms with van der Waals surface area (Å²) in [5, 5.41) is 11.6. The summed E-state index contributed by atoms with van der Waals surface area (Å²) in [6.07, 6.45) is 2.11. The lowest BCUT2D eigenvalue weighted by molar-refractivity contribution is -0.139. The molecule has 0 fully saturated rings. The van der Waals surface area contributed by atoms with Gasteiger partial charge in [0.1, 0.15) is 12.1 Å². The van der Waals surface area contributed by atoms with Crippen LogP contribution in [0.3, 0.4) is 0 Å². The van der Waals surface area contributed by atoms with Gasteiger partial charge in [0.15, 0.2) is 0 Å². The number of hydrogen-bond acceptors (Lipinski definition) is 4. The van der Waals surface area contributed by atoms with E-state index >= 15 is 0 Å². The number of carbonyl (C=O) groups excluding carboxylic acids is 1. The number of hydrogen-bond donors (Lipinski definition) is 2. The summed E-state index contributed by atoms with van der Waals surface area (Å²) in [7, 11) is 0. The van der Waals surface area contributed by atoms with Gasteiger partial charge in [0, 0.05) is 24.4 Å². The Morgan fingerprint density at radius 1 is 1.22 bits per heavy atom. The highest BCUT2D eigenvalue weighted by Crippen LogP contribution is 2.15. The fourth-order valence-corrected chi connectivity index (χ4v) is 2.07. The number of carboxylic acids is 1. The third-order valence-corrected chi connectivity index (χ3v) is 3.31. The van der Waals surface area contributed by atoms with E-state index in [1.165, 1.54) is 0 Å². The lowest BCUT2D eigenvalue weighted by Crippen LogP contribution is -2.42. The Kier molecular flexibility index (Phi) is 5.68. The van der Waals surface area contributed by atoms with Gasteiger partial charge in [-0.05, 0) is 18.6 Å². The van der Waals surface area contributed by atoms with Crippen LogP contribution in [0.15, 0.2) is 54.9 Å². The Morgan fingerprint density at radius 2 is 1.96 bits per heavy atom. The lowest BCUT2D eigenvalue weighted by Gasteiger charge is -2.17. The number of benzene rings is 1. The zero-order chi connectivity index (χ0) is 16.7. The number of aliphatic carboxylic acids is 1. The molecule has 2 rings (SSSR count). The number of rotatable bonds is 6. The van der Waals surface area contributed by atoms with E-state index in [9.17, 15) is 14.7 Å². The number of amides is 1. The molecule has 1 aromatic heterocycles. The molecule has 1 heterocycles. The molecule has 0 saturated carbocycles. The van der Waals surface area contributed by atoms with E-state index < -0.39 is 24.2 Å². The molecule has 0 aliphatic rings. The Labute approximate surface area is 134 Å². The Balaban J connectivity index is 1.94. The Bertz CT molecular complexity index is 646. The molecule has 6 heteroatoms. The number of carbonyl (C=O) groups is 2. The summed E-state index contributed by atoms with van der Waals surface area (Å²) in [4.78, 5) is 27.2. The minimum atomic E-state index is -1.11. The van der Waals surface area contributed by atoms with Crippen molar-refractivity contribution in [3.8, 4) is 0 Å². The highest BCUT2D eigenvalue weighted by molar-refractivity contribution is 5.80. The first-order valence-corrected chi connectivity index (χ1v) is 7.20. The topological polar surface area (TPSA) is 88.5 Å². The van der Waals surface area contributed by atoms with Gasteiger partial charge in [0.2, 0.25) is 0 Å². The van der Waals surface area contributed by atoms with Gasteiger partial charge in [0.25, 0.3) is 0 Å². The third kappa shape index (κ3) is 5.10. The van der Waals surface area contributed by atoms with Crippen molar-refractivity contribution in [3.05, 3.63) is 66.0 Å². The molecule has 2 aromatic rings. The van der Waals surface area contributed by atoms with E-state index in [2.05, 4.69) is 10.3 Å². The number of carboxylic acid groups (broad SMARTS) is 1. The van der Waals surface area contributed by atoms with Gasteiger partial charge in [-0.25, -0.2) is 9.59 Å². The molecule has 23 heavy (non-hydrogen) atoms. The summed E-state index contributed by atoms with van der Waals surface area (Å²) < 4.78 is 5.20. The van der Waals surface area contributed by atoms with Gasteiger partial charge < -0.3 is 15.2 Å². The second-order valence-corrected chi connectivity index (χ2v) is 5.06. The molecule has 1 amide bonds. The van der Waals surface area contributed by atoms with E-state index in [0.29, 0.717) is 0 Å². The number of nitrogens with zero attached hydrogens (tertiary/aromatic N) is 1. The van der Waals surface area contributed by atoms with Gasteiger partial charge in [-0.2, -0.15) is 0 Å². The van der Waals surface area contributed by atoms with Gasteiger partial charge in [-0.15, -0.1) is 0 Å². The molecule has 0 spiro atoms. The van der Waals surface area contributed by atoms with Gasteiger partial charge in [0.05, 0.1) is 0 Å². The monoisotopic (exact) mass is 314 g/mol. The summed E-state index contributed by atoms with van der Waals surface area (Å²) in [6.45, 7) is 1.70. The predicted molar refractivity (Wildman–Crippen MR) is 83.8 cm³/mol. The van der Waals surface area contributed by atoms with Crippen LogP contribution in [0.25, 0.3) is 0 Å². The maximum absolute atomic E-state index is 11.9. The quantitative estimate of drug-likeness (QED) is 0.855. The normalized spacial score (nSPS) is 12.9. The van der Waals surface area contributed by atoms with E-state index in [-0.39, 0.29) is 6.42 Å². The van der Waals surface area contributed by atoms with E-state index in [1.807, 2.05) is 18.2 Å². The predicted octanol–water partition coefficient (Wildman–Crippen LogP) is 2.56. The third-order valence-electron chi connectivity index (χ3n) is 3.31. The lowest BCUT2D eigenvalue weighted by atomic mass is 10.1. The standard InChI is InChI=1S/C17H18N2O4/c1-12(14-8-5-9-18-11-14)23-17(22)19-15(16(20)21)10-13-6-3-2-4-7-13/h2-9,11-12,15H,10H2,1H3,(H,19,22)(H,20,21)/t12?,15-/m0/s1. The fraction of sp³-hybridized carbons (Fsp3) is 0.235. The molecule has 6 nitrogen and oxygen atoms in total. The summed E-state index contributed by atoms with van der Waals surface area (Å²) in [5.74, 6) is -1.11. The second-order valence-electron chi connectivity index (χ2n) is 5.06. The summed E-state index contributed by atoms with van der Waals surface area (Å²) in [6, 6.07) is 11.6. The van der Waals surface area contributed by atoms with Gasteiger partial charge in [-0.3, -0.25) is 4.98 Å². The zero-order valence-electron chi connectivity index (χ0n) is 12.7. The molecule has 0 saturated heterocycles. The maximum atomic E-state index is 11.9. The Morgan fingerprint density at radius 3 is 2.57 bits per heavy atom. The molecule has 0 radical (unpaired) electrons. The first-order valence-electron chi connectivity index (χ1n) is 7.20. The highest BCUT2D eigenvalue weighted by atomic mass is 16.6. The number of aromatic nitrogens is 1. The van der Waals surface area contributed by atoms with Crippen LogP contribution in [0.2, 0.25) is 0 Å². The smallest absolute Gasteiger partial charge is 0.408 e. The van der Waals surface area contributed by atoms with Gasteiger partial charge in [-0.1, -0.05) is 36.4 Å². The molecule has 1 aromatic carbocycles. The number of nitrogens with one attached hydrogen (secondary N) is 1. The summed E-state index contributed by atoms with van der Waals surface area (Å²) in [5.41, 5.74) is 1.55.